The smallest absolute Gasteiger partial charge is 0.220 e. The summed E-state index contributed by atoms with van der Waals surface area (Å²) in [5.41, 5.74) is 0.855. The van der Waals surface area contributed by atoms with Gasteiger partial charge in [-0.3, -0.25) is 4.79 Å². The molecule has 1 aliphatic heterocycles. The Labute approximate surface area is 149 Å². The molecule has 1 amide bonds. The van der Waals surface area contributed by atoms with Crippen LogP contribution in [0.4, 0.5) is 0 Å². The Kier molecular flexibility index (Phi) is 7.68. The van der Waals surface area contributed by atoms with E-state index in [1.165, 1.54) is 25.9 Å². The van der Waals surface area contributed by atoms with Gasteiger partial charge in [0.15, 0.2) is 0 Å². The number of hydrogen-bond donors (Lipinski definition) is 1. The molecular formula is C18H26Cl2N2O. The van der Waals surface area contributed by atoms with E-state index in [4.69, 9.17) is 23.2 Å². The molecule has 0 aromatic heterocycles. The molecule has 5 heteroatoms. The van der Waals surface area contributed by atoms with Crippen LogP contribution in [0.15, 0.2) is 18.2 Å². The van der Waals surface area contributed by atoms with Crippen LogP contribution in [0, 0.1) is 5.92 Å². The quantitative estimate of drug-likeness (QED) is 0.743. The van der Waals surface area contributed by atoms with Gasteiger partial charge in [-0.15, -0.1) is 0 Å². The van der Waals surface area contributed by atoms with E-state index in [0.717, 1.165) is 31.0 Å². The average Bonchev–Trinajstić information content (AvgIpc) is 2.53. The zero-order valence-electron chi connectivity index (χ0n) is 13.8. The van der Waals surface area contributed by atoms with Crippen molar-refractivity contribution in [1.82, 2.24) is 10.2 Å². The van der Waals surface area contributed by atoms with Gasteiger partial charge in [0.2, 0.25) is 5.91 Å². The Morgan fingerprint density at radius 3 is 2.57 bits per heavy atom. The Hall–Kier alpha value is -0.770. The number of carbonyl (C=O) groups excluding carboxylic acids is 1. The van der Waals surface area contributed by atoms with E-state index in [2.05, 4.69) is 17.1 Å². The van der Waals surface area contributed by atoms with Crippen molar-refractivity contribution in [1.29, 1.82) is 0 Å². The summed E-state index contributed by atoms with van der Waals surface area (Å²) in [6.45, 7) is 6.52. The summed E-state index contributed by atoms with van der Waals surface area (Å²) in [6.07, 6.45) is 4.60. The molecule has 0 bridgehead atoms. The van der Waals surface area contributed by atoms with Crippen molar-refractivity contribution < 1.29 is 4.79 Å². The monoisotopic (exact) mass is 356 g/mol. The molecule has 3 nitrogen and oxygen atoms in total. The zero-order chi connectivity index (χ0) is 16.7. The normalized spacial score (nSPS) is 16.5. The van der Waals surface area contributed by atoms with E-state index in [-0.39, 0.29) is 5.91 Å². The lowest BCUT2D eigenvalue weighted by molar-refractivity contribution is -0.121. The molecule has 0 radical (unpaired) electrons. The molecule has 0 unspecified atom stereocenters. The highest BCUT2D eigenvalue weighted by Gasteiger charge is 2.15. The lowest BCUT2D eigenvalue weighted by Gasteiger charge is -2.30. The van der Waals surface area contributed by atoms with Crippen LogP contribution < -0.4 is 5.32 Å². The van der Waals surface area contributed by atoms with E-state index in [9.17, 15) is 4.79 Å². The van der Waals surface area contributed by atoms with Crippen molar-refractivity contribution in [3.8, 4) is 0 Å². The van der Waals surface area contributed by atoms with Gasteiger partial charge in [0, 0.05) is 23.0 Å². The molecule has 0 atom stereocenters. The van der Waals surface area contributed by atoms with E-state index >= 15 is 0 Å². The first-order valence-electron chi connectivity index (χ1n) is 8.48. The fourth-order valence-electron chi connectivity index (χ4n) is 2.91. The van der Waals surface area contributed by atoms with Crippen LogP contribution in [0.5, 0.6) is 0 Å². The van der Waals surface area contributed by atoms with Gasteiger partial charge < -0.3 is 10.2 Å². The summed E-state index contributed by atoms with van der Waals surface area (Å²) in [4.78, 5) is 14.4. The predicted octanol–water partition coefficient (Wildman–Crippen LogP) is 4.16. The maximum atomic E-state index is 11.9. The van der Waals surface area contributed by atoms with Crippen LogP contribution in [0.2, 0.25) is 10.0 Å². The second-order valence-electron chi connectivity index (χ2n) is 6.43. The first-order valence-corrected chi connectivity index (χ1v) is 9.24. The standard InChI is InChI=1S/C18H26Cl2N2O/c1-14-8-12-22(13-9-14)11-3-10-21-18(23)7-6-15-16(19)4-2-5-17(15)20/h2,4-5,14H,3,6-13H2,1H3,(H,21,23). The number of carbonyl (C=O) groups is 1. The molecular weight excluding hydrogens is 331 g/mol. The van der Waals surface area contributed by atoms with Gasteiger partial charge >= 0.3 is 0 Å². The van der Waals surface area contributed by atoms with Crippen LogP contribution >= 0.6 is 23.2 Å². The number of benzene rings is 1. The summed E-state index contributed by atoms with van der Waals surface area (Å²) >= 11 is 12.2. The summed E-state index contributed by atoms with van der Waals surface area (Å²) in [5.74, 6) is 0.927. The van der Waals surface area contributed by atoms with Crippen molar-refractivity contribution in [3.63, 3.8) is 0 Å². The fourth-order valence-corrected chi connectivity index (χ4v) is 3.50. The van der Waals surface area contributed by atoms with E-state index in [1.807, 2.05) is 6.07 Å². The van der Waals surface area contributed by atoms with Crippen LogP contribution in [-0.2, 0) is 11.2 Å². The van der Waals surface area contributed by atoms with Crippen molar-refractivity contribution >= 4 is 29.1 Å². The average molecular weight is 357 g/mol. The third-order valence-corrected chi connectivity index (χ3v) is 5.22. The molecule has 23 heavy (non-hydrogen) atoms. The highest BCUT2D eigenvalue weighted by Crippen LogP contribution is 2.25. The fraction of sp³-hybridized carbons (Fsp3) is 0.611. The molecule has 0 aliphatic carbocycles. The topological polar surface area (TPSA) is 32.3 Å². The van der Waals surface area contributed by atoms with Gasteiger partial charge in [-0.1, -0.05) is 36.2 Å². The van der Waals surface area contributed by atoms with E-state index in [0.29, 0.717) is 22.9 Å². The largest absolute Gasteiger partial charge is 0.356 e. The first kappa shape index (κ1) is 18.6. The zero-order valence-corrected chi connectivity index (χ0v) is 15.3. The lowest BCUT2D eigenvalue weighted by atomic mass is 9.99. The van der Waals surface area contributed by atoms with Crippen molar-refractivity contribution in [2.24, 2.45) is 5.92 Å². The highest BCUT2D eigenvalue weighted by atomic mass is 35.5. The highest BCUT2D eigenvalue weighted by molar-refractivity contribution is 6.36. The van der Waals surface area contributed by atoms with Gasteiger partial charge in [0.05, 0.1) is 0 Å². The Balaban J connectivity index is 1.60. The van der Waals surface area contributed by atoms with Crippen LogP contribution in [-0.4, -0.2) is 37.0 Å². The molecule has 2 rings (SSSR count). The molecule has 128 valence electrons. The molecule has 0 saturated carbocycles. The van der Waals surface area contributed by atoms with E-state index < -0.39 is 0 Å². The number of piperidine rings is 1. The predicted molar refractivity (Wildman–Crippen MR) is 97.2 cm³/mol. The minimum Gasteiger partial charge on any atom is -0.356 e. The number of amides is 1. The maximum Gasteiger partial charge on any atom is 0.220 e. The van der Waals surface area contributed by atoms with Crippen molar-refractivity contribution in [3.05, 3.63) is 33.8 Å². The number of likely N-dealkylation sites (tertiary alicyclic amines) is 1. The van der Waals surface area contributed by atoms with E-state index in [1.54, 1.807) is 12.1 Å². The summed E-state index contributed by atoms with van der Waals surface area (Å²) < 4.78 is 0. The third kappa shape index (κ3) is 6.33. The second-order valence-corrected chi connectivity index (χ2v) is 7.24. The number of rotatable bonds is 7. The number of halogens is 2. The van der Waals surface area contributed by atoms with Crippen LogP contribution in [0.25, 0.3) is 0 Å². The van der Waals surface area contributed by atoms with Gasteiger partial charge in [0.1, 0.15) is 0 Å². The molecule has 0 spiro atoms. The summed E-state index contributed by atoms with van der Waals surface area (Å²) in [7, 11) is 0. The van der Waals surface area contributed by atoms with Gasteiger partial charge in [-0.25, -0.2) is 0 Å². The number of nitrogens with zero attached hydrogens (tertiary/aromatic N) is 1. The van der Waals surface area contributed by atoms with Crippen LogP contribution in [0.3, 0.4) is 0 Å². The molecule has 1 saturated heterocycles. The van der Waals surface area contributed by atoms with Gasteiger partial charge in [-0.05, 0) is 68.9 Å². The molecule has 1 aliphatic rings. The molecule has 1 N–H and O–H groups in total. The second kappa shape index (κ2) is 9.51. The minimum absolute atomic E-state index is 0.0632. The van der Waals surface area contributed by atoms with Gasteiger partial charge in [-0.2, -0.15) is 0 Å². The first-order chi connectivity index (χ1) is 11.1. The maximum absolute atomic E-state index is 11.9. The van der Waals surface area contributed by atoms with Crippen molar-refractivity contribution in [2.75, 3.05) is 26.2 Å². The molecule has 1 fully saturated rings. The Bertz CT molecular complexity index is 493. The third-order valence-electron chi connectivity index (χ3n) is 4.51. The molecule has 1 heterocycles. The minimum atomic E-state index is 0.0632. The number of nitrogens with one attached hydrogen (secondary N) is 1. The lowest BCUT2D eigenvalue weighted by Crippen LogP contribution is -2.35. The molecule has 1 aromatic carbocycles. The Morgan fingerprint density at radius 2 is 1.91 bits per heavy atom. The Morgan fingerprint density at radius 1 is 1.26 bits per heavy atom. The molecule has 1 aromatic rings. The van der Waals surface area contributed by atoms with Crippen molar-refractivity contribution in [2.45, 2.75) is 39.0 Å². The summed E-state index contributed by atoms with van der Waals surface area (Å²) in [5, 5.41) is 4.25. The number of hydrogen-bond acceptors (Lipinski definition) is 2. The summed E-state index contributed by atoms with van der Waals surface area (Å²) in [6, 6.07) is 5.43. The van der Waals surface area contributed by atoms with Crippen LogP contribution in [0.1, 0.15) is 38.2 Å². The van der Waals surface area contributed by atoms with Gasteiger partial charge in [0.25, 0.3) is 0 Å². The SMILES string of the molecule is CC1CCN(CCCNC(=O)CCc2c(Cl)cccc2Cl)CC1.